The molecule has 0 heterocycles. The molecule has 0 fully saturated rings. The summed E-state index contributed by atoms with van der Waals surface area (Å²) < 4.78 is 5.32. The van der Waals surface area contributed by atoms with Crippen molar-refractivity contribution in [3.63, 3.8) is 0 Å². The molecule has 4 nitrogen and oxygen atoms in total. The number of nitrogens with two attached hydrogens (primary N) is 1. The molecule has 0 spiro atoms. The number of hydrogen-bond donors (Lipinski definition) is 2. The highest BCUT2D eigenvalue weighted by atomic mass is 16.5. The van der Waals surface area contributed by atoms with Gasteiger partial charge in [-0.05, 0) is 31.0 Å². The van der Waals surface area contributed by atoms with Crippen LogP contribution in [0.1, 0.15) is 31.4 Å². The second kappa shape index (κ2) is 6.12. The molecule has 16 heavy (non-hydrogen) atoms. The highest BCUT2D eigenvalue weighted by Gasteiger charge is 2.09. The lowest BCUT2D eigenvalue weighted by Gasteiger charge is -2.11. The van der Waals surface area contributed by atoms with Gasteiger partial charge in [-0.15, -0.1) is 0 Å². The van der Waals surface area contributed by atoms with Crippen molar-refractivity contribution in [3.8, 4) is 5.75 Å². The molecule has 0 aliphatic rings. The number of ether oxygens (including phenoxy) is 1. The predicted molar refractivity (Wildman–Crippen MR) is 61.0 cm³/mol. The van der Waals surface area contributed by atoms with Gasteiger partial charge in [0.2, 0.25) is 5.91 Å². The zero-order valence-corrected chi connectivity index (χ0v) is 9.35. The van der Waals surface area contributed by atoms with Gasteiger partial charge in [0.05, 0.1) is 12.7 Å². The SMILES string of the molecule is CCOc1cccc(C(O)CCC(N)=O)c1. The van der Waals surface area contributed by atoms with Crippen LogP contribution in [0.25, 0.3) is 0 Å². The highest BCUT2D eigenvalue weighted by Crippen LogP contribution is 2.22. The van der Waals surface area contributed by atoms with Gasteiger partial charge in [-0.2, -0.15) is 0 Å². The van der Waals surface area contributed by atoms with Crippen molar-refractivity contribution in [2.75, 3.05) is 6.61 Å². The summed E-state index contributed by atoms with van der Waals surface area (Å²) in [6.07, 6.45) is -0.154. The first-order valence-electron chi connectivity index (χ1n) is 5.32. The summed E-state index contributed by atoms with van der Waals surface area (Å²) >= 11 is 0. The van der Waals surface area contributed by atoms with Crippen LogP contribution in [-0.4, -0.2) is 17.6 Å². The molecule has 0 saturated heterocycles. The van der Waals surface area contributed by atoms with Gasteiger partial charge in [0.15, 0.2) is 0 Å². The lowest BCUT2D eigenvalue weighted by atomic mass is 10.0. The standard InChI is InChI=1S/C12H17NO3/c1-2-16-10-5-3-4-9(8-10)11(14)6-7-12(13)15/h3-5,8,11,14H,2,6-7H2,1H3,(H2,13,15). The molecule has 1 unspecified atom stereocenters. The van der Waals surface area contributed by atoms with Gasteiger partial charge in [0.25, 0.3) is 0 Å². The number of rotatable bonds is 6. The smallest absolute Gasteiger partial charge is 0.217 e. The third-order valence-electron chi connectivity index (χ3n) is 2.22. The van der Waals surface area contributed by atoms with E-state index in [4.69, 9.17) is 10.5 Å². The van der Waals surface area contributed by atoms with E-state index < -0.39 is 12.0 Å². The van der Waals surface area contributed by atoms with Gasteiger partial charge in [0.1, 0.15) is 5.75 Å². The first kappa shape index (κ1) is 12.5. The summed E-state index contributed by atoms with van der Waals surface area (Å²) in [5.41, 5.74) is 5.76. The molecule has 0 aliphatic heterocycles. The Labute approximate surface area is 95.0 Å². The minimum absolute atomic E-state index is 0.181. The molecule has 3 N–H and O–H groups in total. The third-order valence-corrected chi connectivity index (χ3v) is 2.22. The van der Waals surface area contributed by atoms with Gasteiger partial charge < -0.3 is 15.6 Å². The summed E-state index contributed by atoms with van der Waals surface area (Å²) in [6, 6.07) is 7.21. The van der Waals surface area contributed by atoms with Gasteiger partial charge in [-0.1, -0.05) is 12.1 Å². The van der Waals surface area contributed by atoms with E-state index in [2.05, 4.69) is 0 Å². The summed E-state index contributed by atoms with van der Waals surface area (Å²) in [4.78, 5) is 10.6. The van der Waals surface area contributed by atoms with Crippen LogP contribution >= 0.6 is 0 Å². The summed E-state index contributed by atoms with van der Waals surface area (Å²) in [5, 5.41) is 9.80. The number of aliphatic hydroxyl groups excluding tert-OH is 1. The van der Waals surface area contributed by atoms with Crippen LogP contribution in [-0.2, 0) is 4.79 Å². The van der Waals surface area contributed by atoms with Gasteiger partial charge in [-0.25, -0.2) is 0 Å². The van der Waals surface area contributed by atoms with E-state index in [-0.39, 0.29) is 6.42 Å². The van der Waals surface area contributed by atoms with E-state index in [9.17, 15) is 9.90 Å². The Bertz CT molecular complexity index is 352. The molecule has 4 heteroatoms. The molecule has 88 valence electrons. The molecule has 1 amide bonds. The lowest BCUT2D eigenvalue weighted by Crippen LogP contribution is -2.12. The maximum atomic E-state index is 10.6. The summed E-state index contributed by atoms with van der Waals surface area (Å²) in [5.74, 6) is 0.318. The number of hydrogen-bond acceptors (Lipinski definition) is 3. The van der Waals surface area contributed by atoms with Crippen LogP contribution in [0.5, 0.6) is 5.75 Å². The minimum Gasteiger partial charge on any atom is -0.494 e. The van der Waals surface area contributed by atoms with E-state index in [0.717, 1.165) is 11.3 Å². The second-order valence-electron chi connectivity index (χ2n) is 3.53. The third kappa shape index (κ3) is 3.90. The monoisotopic (exact) mass is 223 g/mol. The predicted octanol–water partition coefficient (Wildman–Crippen LogP) is 1.38. The number of primary amides is 1. The van der Waals surface area contributed by atoms with Crippen molar-refractivity contribution in [2.45, 2.75) is 25.9 Å². The average Bonchev–Trinajstić information content (AvgIpc) is 2.26. The number of benzene rings is 1. The molecule has 0 aromatic heterocycles. The van der Waals surface area contributed by atoms with Gasteiger partial charge in [0, 0.05) is 6.42 Å². The molecular weight excluding hydrogens is 206 g/mol. The summed E-state index contributed by atoms with van der Waals surface area (Å²) in [7, 11) is 0. The maximum absolute atomic E-state index is 10.6. The Morgan fingerprint density at radius 3 is 2.94 bits per heavy atom. The zero-order chi connectivity index (χ0) is 12.0. The van der Waals surface area contributed by atoms with Gasteiger partial charge in [-0.3, -0.25) is 4.79 Å². The van der Waals surface area contributed by atoms with Crippen LogP contribution in [0.15, 0.2) is 24.3 Å². The van der Waals surface area contributed by atoms with Gasteiger partial charge >= 0.3 is 0 Å². The van der Waals surface area contributed by atoms with Crippen molar-refractivity contribution >= 4 is 5.91 Å². The van der Waals surface area contributed by atoms with Crippen LogP contribution in [0.3, 0.4) is 0 Å². The quantitative estimate of drug-likeness (QED) is 0.765. The Balaban J connectivity index is 2.63. The highest BCUT2D eigenvalue weighted by molar-refractivity contribution is 5.73. The first-order valence-corrected chi connectivity index (χ1v) is 5.32. The molecule has 1 aromatic rings. The van der Waals surface area contributed by atoms with E-state index in [1.165, 1.54) is 0 Å². The normalized spacial score (nSPS) is 12.1. The Morgan fingerprint density at radius 1 is 1.56 bits per heavy atom. The van der Waals surface area contributed by atoms with Crippen LogP contribution in [0.4, 0.5) is 0 Å². The molecule has 0 radical (unpaired) electrons. The Hall–Kier alpha value is -1.55. The fraction of sp³-hybridized carbons (Fsp3) is 0.417. The number of carbonyl (C=O) groups is 1. The fourth-order valence-corrected chi connectivity index (χ4v) is 1.42. The molecule has 0 saturated carbocycles. The molecule has 0 bridgehead atoms. The second-order valence-corrected chi connectivity index (χ2v) is 3.53. The van der Waals surface area contributed by atoms with E-state index in [1.807, 2.05) is 19.1 Å². The number of carbonyl (C=O) groups excluding carboxylic acids is 1. The molecule has 0 aliphatic carbocycles. The van der Waals surface area contributed by atoms with Crippen molar-refractivity contribution in [3.05, 3.63) is 29.8 Å². The zero-order valence-electron chi connectivity index (χ0n) is 9.35. The van der Waals surface area contributed by atoms with Crippen molar-refractivity contribution in [1.82, 2.24) is 0 Å². The average molecular weight is 223 g/mol. The van der Waals surface area contributed by atoms with Crippen molar-refractivity contribution in [2.24, 2.45) is 5.73 Å². The van der Waals surface area contributed by atoms with E-state index in [1.54, 1.807) is 12.1 Å². The number of aliphatic hydroxyl groups is 1. The molecule has 1 rings (SSSR count). The topological polar surface area (TPSA) is 72.6 Å². The van der Waals surface area contributed by atoms with E-state index >= 15 is 0 Å². The lowest BCUT2D eigenvalue weighted by molar-refractivity contribution is -0.118. The molecule has 1 atom stereocenters. The fourth-order valence-electron chi connectivity index (χ4n) is 1.42. The van der Waals surface area contributed by atoms with Crippen LogP contribution in [0, 0.1) is 0 Å². The van der Waals surface area contributed by atoms with Crippen LogP contribution in [0.2, 0.25) is 0 Å². The van der Waals surface area contributed by atoms with Crippen LogP contribution < -0.4 is 10.5 Å². The Kier molecular flexibility index (Phi) is 4.79. The molecular formula is C12H17NO3. The maximum Gasteiger partial charge on any atom is 0.217 e. The minimum atomic E-state index is -0.673. The van der Waals surface area contributed by atoms with Crippen molar-refractivity contribution in [1.29, 1.82) is 0 Å². The first-order chi connectivity index (χ1) is 7.63. The summed E-state index contributed by atoms with van der Waals surface area (Å²) in [6.45, 7) is 2.48. The molecule has 1 aromatic carbocycles. The van der Waals surface area contributed by atoms with Crippen molar-refractivity contribution < 1.29 is 14.6 Å². The Morgan fingerprint density at radius 2 is 2.31 bits per heavy atom. The van der Waals surface area contributed by atoms with E-state index in [0.29, 0.717) is 13.0 Å². The number of amides is 1. The largest absolute Gasteiger partial charge is 0.494 e.